The van der Waals surface area contributed by atoms with E-state index in [4.69, 9.17) is 4.99 Å². The van der Waals surface area contributed by atoms with Gasteiger partial charge in [0.15, 0.2) is 0 Å². The van der Waals surface area contributed by atoms with Crippen molar-refractivity contribution in [3.8, 4) is 0 Å². The molecule has 2 heterocycles. The molecule has 0 spiro atoms. The molecule has 1 aliphatic rings. The highest BCUT2D eigenvalue weighted by Crippen LogP contribution is 2.34. The predicted molar refractivity (Wildman–Crippen MR) is 79.7 cm³/mol. The summed E-state index contributed by atoms with van der Waals surface area (Å²) in [5, 5.41) is 1.10. The minimum atomic E-state index is 0.465. The van der Waals surface area contributed by atoms with Crippen LogP contribution in [-0.4, -0.2) is 10.8 Å². The lowest BCUT2D eigenvalue weighted by molar-refractivity contribution is 0.624. The highest BCUT2D eigenvalue weighted by Gasteiger charge is 2.18. The number of pyridine rings is 1. The van der Waals surface area contributed by atoms with E-state index >= 15 is 0 Å². The van der Waals surface area contributed by atoms with Crippen LogP contribution in [0.15, 0.2) is 35.5 Å². The molecular formula is C15H18N4. The summed E-state index contributed by atoms with van der Waals surface area (Å²) in [6.07, 6.45) is 4.01. The third-order valence-corrected chi connectivity index (χ3v) is 3.68. The first-order chi connectivity index (χ1) is 9.33. The maximum absolute atomic E-state index is 4.72. The van der Waals surface area contributed by atoms with E-state index in [1.807, 2.05) is 24.4 Å². The summed E-state index contributed by atoms with van der Waals surface area (Å²) < 4.78 is 0. The molecule has 1 aromatic carbocycles. The van der Waals surface area contributed by atoms with Crippen LogP contribution in [0.25, 0.3) is 10.9 Å². The molecule has 0 radical (unpaired) electrons. The molecule has 98 valence electrons. The average molecular weight is 254 g/mol. The molecule has 4 nitrogen and oxygen atoms in total. The molecule has 2 N–H and O–H groups in total. The number of hydrogen-bond acceptors (Lipinski definition) is 4. The maximum Gasteiger partial charge on any atom is 0.124 e. The predicted octanol–water partition coefficient (Wildman–Crippen LogP) is 3.63. The van der Waals surface area contributed by atoms with Crippen molar-refractivity contribution in [1.29, 1.82) is 0 Å². The Kier molecular flexibility index (Phi) is 3.07. The van der Waals surface area contributed by atoms with Crippen LogP contribution in [0.5, 0.6) is 0 Å². The van der Waals surface area contributed by atoms with Gasteiger partial charge in [0.05, 0.1) is 17.4 Å². The van der Waals surface area contributed by atoms with Gasteiger partial charge in [0.1, 0.15) is 11.5 Å². The van der Waals surface area contributed by atoms with E-state index < -0.39 is 0 Å². The van der Waals surface area contributed by atoms with E-state index in [1.165, 1.54) is 0 Å². The molecule has 1 aliphatic heterocycles. The molecule has 0 saturated carbocycles. The number of hydrazine groups is 1. The number of anilines is 1. The first kappa shape index (κ1) is 12.0. The molecule has 19 heavy (non-hydrogen) atoms. The molecular weight excluding hydrogens is 236 g/mol. The van der Waals surface area contributed by atoms with Crippen molar-refractivity contribution in [3.63, 3.8) is 0 Å². The molecule has 4 heteroatoms. The molecule has 0 fully saturated rings. The molecule has 0 aliphatic carbocycles. The number of benzene rings is 1. The van der Waals surface area contributed by atoms with Crippen molar-refractivity contribution in [1.82, 2.24) is 10.4 Å². The van der Waals surface area contributed by atoms with Gasteiger partial charge in [0, 0.05) is 11.3 Å². The van der Waals surface area contributed by atoms with Crippen molar-refractivity contribution < 1.29 is 0 Å². The lowest BCUT2D eigenvalue weighted by atomic mass is 10.0. The Labute approximate surface area is 112 Å². The van der Waals surface area contributed by atoms with E-state index in [9.17, 15) is 0 Å². The number of nitrogens with one attached hydrogen (secondary N) is 2. The third-order valence-electron chi connectivity index (χ3n) is 3.68. The van der Waals surface area contributed by atoms with E-state index in [0.29, 0.717) is 5.92 Å². The number of rotatable bonds is 3. The smallest absolute Gasteiger partial charge is 0.124 e. The second-order valence-corrected chi connectivity index (χ2v) is 4.80. The summed E-state index contributed by atoms with van der Waals surface area (Å²) in [4.78, 5) is 9.18. The number of para-hydroxylation sites is 1. The minimum absolute atomic E-state index is 0.465. The van der Waals surface area contributed by atoms with Crippen LogP contribution in [0.4, 0.5) is 11.4 Å². The monoisotopic (exact) mass is 254 g/mol. The van der Waals surface area contributed by atoms with Crippen molar-refractivity contribution in [2.75, 3.05) is 5.43 Å². The van der Waals surface area contributed by atoms with E-state index in [0.717, 1.165) is 41.0 Å². The van der Waals surface area contributed by atoms with Gasteiger partial charge in [-0.05, 0) is 18.9 Å². The average Bonchev–Trinajstić information content (AvgIpc) is 2.48. The van der Waals surface area contributed by atoms with Crippen LogP contribution < -0.4 is 10.9 Å². The molecule has 1 aromatic heterocycles. The zero-order chi connectivity index (χ0) is 13.2. The van der Waals surface area contributed by atoms with Crippen LogP contribution in [0.3, 0.4) is 0 Å². The Balaban J connectivity index is 2.09. The number of hydrogen-bond donors (Lipinski definition) is 2. The zero-order valence-corrected chi connectivity index (χ0v) is 11.3. The number of amidine groups is 1. The molecule has 2 aromatic rings. The Morgan fingerprint density at radius 3 is 2.68 bits per heavy atom. The quantitative estimate of drug-likeness (QED) is 0.879. The Morgan fingerprint density at radius 2 is 1.89 bits per heavy atom. The molecule has 0 unspecified atom stereocenters. The minimum Gasteiger partial charge on any atom is -0.297 e. The van der Waals surface area contributed by atoms with Gasteiger partial charge in [-0.2, -0.15) is 0 Å². The lowest BCUT2D eigenvalue weighted by Gasteiger charge is -2.24. The highest BCUT2D eigenvalue weighted by molar-refractivity contribution is 6.02. The Bertz CT molecular complexity index is 629. The molecule has 0 saturated heterocycles. The summed E-state index contributed by atoms with van der Waals surface area (Å²) in [5.41, 5.74) is 9.44. The zero-order valence-electron chi connectivity index (χ0n) is 11.3. The van der Waals surface area contributed by atoms with E-state index in [1.54, 1.807) is 0 Å². The maximum atomic E-state index is 4.72. The van der Waals surface area contributed by atoms with Crippen molar-refractivity contribution in [3.05, 3.63) is 30.5 Å². The Hall–Kier alpha value is -2.10. The van der Waals surface area contributed by atoms with Crippen LogP contribution in [0, 0.1) is 5.92 Å². The van der Waals surface area contributed by atoms with Gasteiger partial charge in [0.25, 0.3) is 0 Å². The second kappa shape index (κ2) is 4.88. The van der Waals surface area contributed by atoms with E-state index in [-0.39, 0.29) is 0 Å². The highest BCUT2D eigenvalue weighted by atomic mass is 15.4. The number of aliphatic imine (C=N–C) groups is 1. The van der Waals surface area contributed by atoms with Crippen LogP contribution in [0.2, 0.25) is 0 Å². The molecule has 0 bridgehead atoms. The van der Waals surface area contributed by atoms with Crippen molar-refractivity contribution in [2.24, 2.45) is 10.9 Å². The first-order valence-corrected chi connectivity index (χ1v) is 6.81. The van der Waals surface area contributed by atoms with Gasteiger partial charge in [-0.15, -0.1) is 0 Å². The fourth-order valence-electron chi connectivity index (χ4n) is 2.50. The number of aromatic nitrogens is 1. The molecule has 0 amide bonds. The standard InChI is InChI=1S/C15H18N4/c1-3-10(4-2)15-17-13-9-16-12-8-6-5-7-11(12)14(13)18-19-15/h5-10,18H,3-4H2,1-2H3,(H,17,19). The van der Waals surface area contributed by atoms with Crippen LogP contribution >= 0.6 is 0 Å². The van der Waals surface area contributed by atoms with Crippen LogP contribution in [0.1, 0.15) is 26.7 Å². The summed E-state index contributed by atoms with van der Waals surface area (Å²) in [6.45, 7) is 4.37. The van der Waals surface area contributed by atoms with Gasteiger partial charge >= 0.3 is 0 Å². The molecule has 3 rings (SSSR count). The van der Waals surface area contributed by atoms with Gasteiger partial charge in [0.2, 0.25) is 0 Å². The van der Waals surface area contributed by atoms with Crippen molar-refractivity contribution >= 4 is 28.1 Å². The fraction of sp³-hybridized carbons (Fsp3) is 0.333. The topological polar surface area (TPSA) is 49.3 Å². The summed E-state index contributed by atoms with van der Waals surface area (Å²) in [6, 6.07) is 8.09. The number of nitrogens with zero attached hydrogens (tertiary/aromatic N) is 2. The van der Waals surface area contributed by atoms with Gasteiger partial charge in [-0.25, -0.2) is 4.99 Å². The number of fused-ring (bicyclic) bond motifs is 3. The van der Waals surface area contributed by atoms with Gasteiger partial charge in [-0.1, -0.05) is 32.0 Å². The Morgan fingerprint density at radius 1 is 1.11 bits per heavy atom. The van der Waals surface area contributed by atoms with Gasteiger partial charge < -0.3 is 0 Å². The first-order valence-electron chi connectivity index (χ1n) is 6.81. The fourth-order valence-corrected chi connectivity index (χ4v) is 2.50. The molecule has 0 atom stereocenters. The summed E-state index contributed by atoms with van der Waals surface area (Å²) >= 11 is 0. The second-order valence-electron chi connectivity index (χ2n) is 4.80. The van der Waals surface area contributed by atoms with E-state index in [2.05, 4.69) is 35.7 Å². The SMILES string of the molecule is CCC(CC)C1=Nc2cnc3ccccc3c2NN1. The summed E-state index contributed by atoms with van der Waals surface area (Å²) in [7, 11) is 0. The summed E-state index contributed by atoms with van der Waals surface area (Å²) in [5.74, 6) is 1.47. The van der Waals surface area contributed by atoms with Crippen LogP contribution in [-0.2, 0) is 0 Å². The largest absolute Gasteiger partial charge is 0.297 e. The third kappa shape index (κ3) is 2.03. The normalized spacial score (nSPS) is 13.7. The lowest BCUT2D eigenvalue weighted by Crippen LogP contribution is -2.37. The van der Waals surface area contributed by atoms with Crippen molar-refractivity contribution in [2.45, 2.75) is 26.7 Å². The van der Waals surface area contributed by atoms with Gasteiger partial charge in [-0.3, -0.25) is 15.8 Å².